The predicted octanol–water partition coefficient (Wildman–Crippen LogP) is 3.58. The normalized spacial score (nSPS) is 10.3. The molecule has 0 bridgehead atoms. The zero-order valence-electron chi connectivity index (χ0n) is 11.7. The van der Waals surface area contributed by atoms with Crippen LogP contribution in [0.1, 0.15) is 17.3 Å². The molecule has 1 N–H and O–H groups in total. The highest BCUT2D eigenvalue weighted by atomic mass is 35.5. The Balaban J connectivity index is 2.25. The largest absolute Gasteiger partial charge is 0.369 e. The minimum Gasteiger partial charge on any atom is -0.369 e. The van der Waals surface area contributed by atoms with Gasteiger partial charge in [0, 0.05) is 25.5 Å². The molecular formula is C15H15ClFN3O. The van der Waals surface area contributed by atoms with E-state index >= 15 is 0 Å². The average molecular weight is 308 g/mol. The Labute approximate surface area is 127 Å². The number of carbonyl (C=O) groups excluding carboxylic acids is 1. The van der Waals surface area contributed by atoms with Crippen molar-refractivity contribution in [1.29, 1.82) is 0 Å². The molecule has 0 spiro atoms. The summed E-state index contributed by atoms with van der Waals surface area (Å²) in [4.78, 5) is 17.8. The number of hydrogen-bond acceptors (Lipinski definition) is 3. The van der Waals surface area contributed by atoms with E-state index in [2.05, 4.69) is 10.3 Å². The van der Waals surface area contributed by atoms with Crippen LogP contribution in [0.5, 0.6) is 0 Å². The van der Waals surface area contributed by atoms with Gasteiger partial charge in [-0.2, -0.15) is 0 Å². The molecule has 1 aromatic carbocycles. The third-order valence-electron chi connectivity index (χ3n) is 2.93. The van der Waals surface area contributed by atoms with Gasteiger partial charge < -0.3 is 10.2 Å². The number of hydrogen-bond donors (Lipinski definition) is 1. The van der Waals surface area contributed by atoms with Gasteiger partial charge in [-0.05, 0) is 31.2 Å². The first kappa shape index (κ1) is 15.3. The minimum atomic E-state index is -0.397. The summed E-state index contributed by atoms with van der Waals surface area (Å²) in [6, 6.07) is 7.37. The summed E-state index contributed by atoms with van der Waals surface area (Å²) < 4.78 is 13.2. The Morgan fingerprint density at radius 2 is 2.19 bits per heavy atom. The van der Waals surface area contributed by atoms with Crippen molar-refractivity contribution in [1.82, 2.24) is 4.98 Å². The summed E-state index contributed by atoms with van der Waals surface area (Å²) in [6.07, 6.45) is 1.45. The van der Waals surface area contributed by atoms with Crippen molar-refractivity contribution in [2.75, 3.05) is 23.8 Å². The van der Waals surface area contributed by atoms with Crippen molar-refractivity contribution >= 4 is 29.0 Å². The van der Waals surface area contributed by atoms with Gasteiger partial charge in [0.15, 0.2) is 0 Å². The number of amides is 1. The zero-order valence-corrected chi connectivity index (χ0v) is 12.5. The lowest BCUT2D eigenvalue weighted by Crippen LogP contribution is -2.26. The number of benzene rings is 1. The summed E-state index contributed by atoms with van der Waals surface area (Å²) in [7, 11) is 1.57. The number of aromatic nitrogens is 1. The summed E-state index contributed by atoms with van der Waals surface area (Å²) in [6.45, 7) is 2.61. The average Bonchev–Trinajstić information content (AvgIpc) is 2.48. The number of rotatable bonds is 4. The van der Waals surface area contributed by atoms with Crippen molar-refractivity contribution in [2.24, 2.45) is 0 Å². The van der Waals surface area contributed by atoms with Gasteiger partial charge in [-0.1, -0.05) is 17.7 Å². The monoisotopic (exact) mass is 307 g/mol. The van der Waals surface area contributed by atoms with Crippen LogP contribution in [-0.2, 0) is 0 Å². The van der Waals surface area contributed by atoms with E-state index in [4.69, 9.17) is 11.6 Å². The van der Waals surface area contributed by atoms with Crippen molar-refractivity contribution < 1.29 is 9.18 Å². The molecule has 1 aromatic heterocycles. The van der Waals surface area contributed by atoms with E-state index in [0.717, 1.165) is 0 Å². The molecule has 0 unspecified atom stereocenters. The second kappa shape index (κ2) is 6.54. The predicted molar refractivity (Wildman–Crippen MR) is 82.5 cm³/mol. The molecule has 2 aromatic rings. The second-order valence-electron chi connectivity index (χ2n) is 4.43. The van der Waals surface area contributed by atoms with Gasteiger partial charge in [0.05, 0.1) is 10.6 Å². The van der Waals surface area contributed by atoms with Crippen molar-refractivity contribution in [3.8, 4) is 0 Å². The third kappa shape index (κ3) is 3.49. The topological polar surface area (TPSA) is 45.2 Å². The van der Waals surface area contributed by atoms with Crippen LogP contribution in [0.3, 0.4) is 0 Å². The molecule has 0 atom stereocenters. The zero-order chi connectivity index (χ0) is 15.4. The molecule has 0 aliphatic rings. The van der Waals surface area contributed by atoms with E-state index in [9.17, 15) is 9.18 Å². The molecule has 0 aliphatic heterocycles. The molecule has 0 saturated carbocycles. The van der Waals surface area contributed by atoms with Crippen molar-refractivity contribution in [2.45, 2.75) is 6.92 Å². The summed E-state index contributed by atoms with van der Waals surface area (Å²) >= 11 is 6.07. The van der Waals surface area contributed by atoms with Crippen LogP contribution in [0.25, 0.3) is 0 Å². The van der Waals surface area contributed by atoms with Crippen LogP contribution in [0.2, 0.25) is 5.02 Å². The molecule has 1 amide bonds. The smallest absolute Gasteiger partial charge is 0.259 e. The second-order valence-corrected chi connectivity index (χ2v) is 4.84. The van der Waals surface area contributed by atoms with E-state index in [0.29, 0.717) is 28.6 Å². The molecule has 6 heteroatoms. The van der Waals surface area contributed by atoms with E-state index in [1.165, 1.54) is 23.2 Å². The van der Waals surface area contributed by atoms with Gasteiger partial charge in [-0.25, -0.2) is 9.37 Å². The maximum Gasteiger partial charge on any atom is 0.259 e. The van der Waals surface area contributed by atoms with Gasteiger partial charge in [0.1, 0.15) is 11.6 Å². The first-order valence-corrected chi connectivity index (χ1v) is 6.83. The van der Waals surface area contributed by atoms with Gasteiger partial charge in [-0.3, -0.25) is 4.79 Å². The van der Waals surface area contributed by atoms with Gasteiger partial charge in [-0.15, -0.1) is 0 Å². The molecule has 0 aliphatic carbocycles. The molecule has 1 heterocycles. The standard InChI is InChI=1S/C15H15ClFN3O/c1-3-18-14-13(16)7-10(9-19-14)15(21)20(2)12-6-4-5-11(17)8-12/h4-9H,3H2,1-2H3,(H,18,19). The fraction of sp³-hybridized carbons (Fsp3) is 0.200. The van der Waals surface area contributed by atoms with E-state index in [1.807, 2.05) is 6.92 Å². The number of halogens is 2. The molecule has 0 saturated heterocycles. The Morgan fingerprint density at radius 3 is 2.81 bits per heavy atom. The molecule has 4 nitrogen and oxygen atoms in total. The van der Waals surface area contributed by atoms with Crippen LogP contribution in [0.15, 0.2) is 36.5 Å². The maximum absolute atomic E-state index is 13.2. The Kier molecular flexibility index (Phi) is 4.75. The summed E-state index contributed by atoms with van der Waals surface area (Å²) in [5, 5.41) is 3.36. The fourth-order valence-electron chi connectivity index (χ4n) is 1.85. The van der Waals surface area contributed by atoms with Crippen LogP contribution in [0.4, 0.5) is 15.9 Å². The molecule has 2 rings (SSSR count). The Morgan fingerprint density at radius 1 is 1.43 bits per heavy atom. The molecule has 0 fully saturated rings. The Hall–Kier alpha value is -2.14. The SMILES string of the molecule is CCNc1ncc(C(=O)N(C)c2cccc(F)c2)cc1Cl. The lowest BCUT2D eigenvalue weighted by atomic mass is 10.2. The highest BCUT2D eigenvalue weighted by Gasteiger charge is 2.16. The minimum absolute atomic E-state index is 0.307. The van der Waals surface area contributed by atoms with E-state index in [1.54, 1.807) is 25.2 Å². The quantitative estimate of drug-likeness (QED) is 0.939. The van der Waals surface area contributed by atoms with Crippen LogP contribution in [0, 0.1) is 5.82 Å². The van der Waals surface area contributed by atoms with Crippen molar-refractivity contribution in [3.05, 3.63) is 52.9 Å². The number of carbonyl (C=O) groups is 1. The summed E-state index contributed by atoms with van der Waals surface area (Å²) in [5.41, 5.74) is 0.806. The van der Waals surface area contributed by atoms with Gasteiger partial charge >= 0.3 is 0 Å². The van der Waals surface area contributed by atoms with Gasteiger partial charge in [0.2, 0.25) is 0 Å². The maximum atomic E-state index is 13.2. The molecule has 21 heavy (non-hydrogen) atoms. The highest BCUT2D eigenvalue weighted by Crippen LogP contribution is 2.22. The molecule has 110 valence electrons. The van der Waals surface area contributed by atoms with Crippen LogP contribution >= 0.6 is 11.6 Å². The van der Waals surface area contributed by atoms with Crippen LogP contribution in [-0.4, -0.2) is 24.5 Å². The highest BCUT2D eigenvalue weighted by molar-refractivity contribution is 6.33. The van der Waals surface area contributed by atoms with E-state index in [-0.39, 0.29) is 5.91 Å². The lowest BCUT2D eigenvalue weighted by molar-refractivity contribution is 0.0992. The molecular weight excluding hydrogens is 293 g/mol. The first-order chi connectivity index (χ1) is 10.0. The van der Waals surface area contributed by atoms with E-state index < -0.39 is 5.82 Å². The number of nitrogens with one attached hydrogen (secondary N) is 1. The number of anilines is 2. The molecule has 0 radical (unpaired) electrons. The van der Waals surface area contributed by atoms with Crippen LogP contribution < -0.4 is 10.2 Å². The first-order valence-electron chi connectivity index (χ1n) is 6.46. The lowest BCUT2D eigenvalue weighted by Gasteiger charge is -2.17. The van der Waals surface area contributed by atoms with Crippen molar-refractivity contribution in [3.63, 3.8) is 0 Å². The fourth-order valence-corrected chi connectivity index (χ4v) is 2.08. The number of nitrogens with zero attached hydrogens (tertiary/aromatic N) is 2. The van der Waals surface area contributed by atoms with Gasteiger partial charge in [0.25, 0.3) is 5.91 Å². The number of pyridine rings is 1. The third-order valence-corrected chi connectivity index (χ3v) is 3.22. The summed E-state index contributed by atoms with van der Waals surface area (Å²) in [5.74, 6) is -0.173. The Bertz CT molecular complexity index is 663.